The van der Waals surface area contributed by atoms with Crippen molar-refractivity contribution in [3.8, 4) is 0 Å². The Hall–Kier alpha value is -2.62. The number of fused-ring (bicyclic) bond motifs is 1. The number of para-hydroxylation sites is 1. The molecule has 0 aliphatic heterocycles. The van der Waals surface area contributed by atoms with Gasteiger partial charge < -0.3 is 9.88 Å². The zero-order valence-electron chi connectivity index (χ0n) is 11.2. The van der Waals surface area contributed by atoms with Crippen LogP contribution in [0.2, 0.25) is 0 Å². The zero-order chi connectivity index (χ0) is 13.9. The molecule has 1 unspecified atom stereocenters. The van der Waals surface area contributed by atoms with Crippen LogP contribution in [0.25, 0.3) is 10.9 Å². The van der Waals surface area contributed by atoms with Gasteiger partial charge in [-0.05, 0) is 31.2 Å². The van der Waals surface area contributed by atoms with Gasteiger partial charge in [-0.2, -0.15) is 0 Å². The van der Waals surface area contributed by atoms with E-state index in [-0.39, 0.29) is 11.9 Å². The molecular weight excluding hydrogens is 250 g/mol. The summed E-state index contributed by atoms with van der Waals surface area (Å²) in [5.41, 5.74) is 1.55. The van der Waals surface area contributed by atoms with Crippen LogP contribution in [0.4, 0.5) is 5.69 Å². The molecule has 0 aliphatic carbocycles. The second-order valence-electron chi connectivity index (χ2n) is 4.68. The Morgan fingerprint density at radius 1 is 1.15 bits per heavy atom. The van der Waals surface area contributed by atoms with Gasteiger partial charge in [0, 0.05) is 24.0 Å². The number of hydrogen-bond acceptors (Lipinski definition) is 2. The van der Waals surface area contributed by atoms with E-state index in [1.54, 1.807) is 6.20 Å². The third-order valence-corrected chi connectivity index (χ3v) is 3.34. The molecule has 0 bridgehead atoms. The lowest BCUT2D eigenvalue weighted by atomic mass is 10.2. The third kappa shape index (κ3) is 2.28. The van der Waals surface area contributed by atoms with E-state index >= 15 is 0 Å². The average molecular weight is 265 g/mol. The average Bonchev–Trinajstić information content (AvgIpc) is 3.01. The highest BCUT2D eigenvalue weighted by Gasteiger charge is 2.15. The highest BCUT2D eigenvalue weighted by molar-refractivity contribution is 6.01. The van der Waals surface area contributed by atoms with Gasteiger partial charge in [-0.1, -0.05) is 18.2 Å². The number of benzene rings is 1. The Morgan fingerprint density at radius 3 is 2.70 bits per heavy atom. The minimum atomic E-state index is -0.260. The summed E-state index contributed by atoms with van der Waals surface area (Å²) in [5, 5.41) is 3.96. The van der Waals surface area contributed by atoms with Crippen LogP contribution >= 0.6 is 0 Å². The molecule has 0 saturated carbocycles. The number of pyridine rings is 1. The monoisotopic (exact) mass is 265 g/mol. The molecule has 0 aliphatic rings. The van der Waals surface area contributed by atoms with E-state index in [4.69, 9.17) is 0 Å². The van der Waals surface area contributed by atoms with E-state index in [2.05, 4.69) is 10.3 Å². The lowest BCUT2D eigenvalue weighted by Crippen LogP contribution is -2.22. The molecule has 4 nitrogen and oxygen atoms in total. The van der Waals surface area contributed by atoms with Crippen LogP contribution in [0.3, 0.4) is 0 Å². The summed E-state index contributed by atoms with van der Waals surface area (Å²) < 4.78 is 1.87. The molecule has 0 radical (unpaired) electrons. The van der Waals surface area contributed by atoms with E-state index in [1.165, 1.54) is 0 Å². The summed E-state index contributed by atoms with van der Waals surface area (Å²) in [6.07, 6.45) is 5.49. The Labute approximate surface area is 117 Å². The molecule has 1 amide bonds. The first-order valence-electron chi connectivity index (χ1n) is 6.53. The maximum atomic E-state index is 12.3. The van der Waals surface area contributed by atoms with Crippen LogP contribution in [0.15, 0.2) is 61.1 Å². The summed E-state index contributed by atoms with van der Waals surface area (Å²) in [5.74, 6) is -0.0562. The van der Waals surface area contributed by atoms with Gasteiger partial charge in [0.05, 0.1) is 11.2 Å². The first-order valence-corrected chi connectivity index (χ1v) is 6.53. The number of carbonyl (C=O) groups excluding carboxylic acids is 1. The largest absolute Gasteiger partial charge is 0.342 e. The first kappa shape index (κ1) is 12.4. The first-order chi connectivity index (χ1) is 9.75. The number of carbonyl (C=O) groups is 1. The fourth-order valence-corrected chi connectivity index (χ4v) is 2.18. The number of hydrogen-bond donors (Lipinski definition) is 1. The quantitative estimate of drug-likeness (QED) is 0.790. The van der Waals surface area contributed by atoms with Gasteiger partial charge in [0.15, 0.2) is 0 Å². The molecule has 1 atom stereocenters. The smallest absolute Gasteiger partial charge is 0.247 e. The molecule has 3 aromatic rings. The van der Waals surface area contributed by atoms with Crippen molar-refractivity contribution in [1.82, 2.24) is 9.55 Å². The lowest BCUT2D eigenvalue weighted by molar-refractivity contribution is -0.118. The molecule has 2 heterocycles. The molecule has 0 spiro atoms. The number of nitrogens with one attached hydrogen (secondary N) is 1. The number of nitrogens with zero attached hydrogens (tertiary/aromatic N) is 2. The van der Waals surface area contributed by atoms with E-state index < -0.39 is 0 Å². The van der Waals surface area contributed by atoms with Crippen molar-refractivity contribution in [1.29, 1.82) is 0 Å². The standard InChI is InChI=1S/C16H15N3O/c1-12(19-10-2-3-11-19)16(20)18-14-8-4-6-13-7-5-9-17-15(13)14/h2-12H,1H3,(H,18,20). The van der Waals surface area contributed by atoms with Crippen molar-refractivity contribution in [3.05, 3.63) is 61.1 Å². The molecule has 1 N–H and O–H groups in total. The number of rotatable bonds is 3. The zero-order valence-corrected chi connectivity index (χ0v) is 11.2. The fourth-order valence-electron chi connectivity index (χ4n) is 2.18. The van der Waals surface area contributed by atoms with Gasteiger partial charge in [0.1, 0.15) is 6.04 Å². The van der Waals surface area contributed by atoms with Crippen molar-refractivity contribution in [2.75, 3.05) is 5.32 Å². The fraction of sp³-hybridized carbons (Fsp3) is 0.125. The second-order valence-corrected chi connectivity index (χ2v) is 4.68. The highest BCUT2D eigenvalue weighted by atomic mass is 16.2. The van der Waals surface area contributed by atoms with Gasteiger partial charge >= 0.3 is 0 Å². The predicted molar refractivity (Wildman–Crippen MR) is 79.5 cm³/mol. The SMILES string of the molecule is CC(C(=O)Nc1cccc2cccnc12)n1cccc1. The van der Waals surface area contributed by atoms with Crippen LogP contribution in [-0.2, 0) is 4.79 Å². The van der Waals surface area contributed by atoms with E-state index in [0.717, 1.165) is 16.6 Å². The summed E-state index contributed by atoms with van der Waals surface area (Å²) in [6, 6.07) is 13.2. The number of anilines is 1. The Bertz CT molecular complexity index is 729. The van der Waals surface area contributed by atoms with Gasteiger partial charge in [0.2, 0.25) is 5.91 Å². The second kappa shape index (κ2) is 5.17. The molecular formula is C16H15N3O. The third-order valence-electron chi connectivity index (χ3n) is 3.34. The van der Waals surface area contributed by atoms with Crippen molar-refractivity contribution >= 4 is 22.5 Å². The van der Waals surface area contributed by atoms with Crippen LogP contribution in [0, 0.1) is 0 Å². The van der Waals surface area contributed by atoms with Crippen LogP contribution in [-0.4, -0.2) is 15.5 Å². The minimum absolute atomic E-state index is 0.0562. The predicted octanol–water partition coefficient (Wildman–Crippen LogP) is 3.24. The molecule has 20 heavy (non-hydrogen) atoms. The van der Waals surface area contributed by atoms with Crippen LogP contribution in [0.1, 0.15) is 13.0 Å². The van der Waals surface area contributed by atoms with Gasteiger partial charge in [-0.25, -0.2) is 0 Å². The highest BCUT2D eigenvalue weighted by Crippen LogP contribution is 2.21. The maximum absolute atomic E-state index is 12.3. The van der Waals surface area contributed by atoms with E-state index in [0.29, 0.717) is 0 Å². The topological polar surface area (TPSA) is 46.9 Å². The van der Waals surface area contributed by atoms with Gasteiger partial charge in [-0.15, -0.1) is 0 Å². The Morgan fingerprint density at radius 2 is 1.90 bits per heavy atom. The lowest BCUT2D eigenvalue weighted by Gasteiger charge is -2.14. The Balaban J connectivity index is 1.88. The van der Waals surface area contributed by atoms with Crippen molar-refractivity contribution in [2.45, 2.75) is 13.0 Å². The van der Waals surface area contributed by atoms with E-state index in [9.17, 15) is 4.79 Å². The molecule has 0 saturated heterocycles. The molecule has 1 aromatic carbocycles. The summed E-state index contributed by atoms with van der Waals surface area (Å²) in [7, 11) is 0. The molecule has 100 valence electrons. The molecule has 0 fully saturated rings. The summed E-state index contributed by atoms with van der Waals surface area (Å²) in [6.45, 7) is 1.87. The molecule has 3 rings (SSSR count). The van der Waals surface area contributed by atoms with Crippen molar-refractivity contribution in [2.24, 2.45) is 0 Å². The van der Waals surface area contributed by atoms with Crippen molar-refractivity contribution in [3.63, 3.8) is 0 Å². The summed E-state index contributed by atoms with van der Waals surface area (Å²) in [4.78, 5) is 16.6. The molecule has 4 heteroatoms. The number of aromatic nitrogens is 2. The van der Waals surface area contributed by atoms with Crippen LogP contribution < -0.4 is 5.32 Å². The van der Waals surface area contributed by atoms with E-state index in [1.807, 2.05) is 66.3 Å². The van der Waals surface area contributed by atoms with Crippen molar-refractivity contribution < 1.29 is 4.79 Å². The normalized spacial score (nSPS) is 12.2. The van der Waals surface area contributed by atoms with Gasteiger partial charge in [0.25, 0.3) is 0 Å². The number of amides is 1. The van der Waals surface area contributed by atoms with Gasteiger partial charge in [-0.3, -0.25) is 9.78 Å². The summed E-state index contributed by atoms with van der Waals surface area (Å²) >= 11 is 0. The molecule has 2 aromatic heterocycles. The van der Waals surface area contributed by atoms with Crippen LogP contribution in [0.5, 0.6) is 0 Å². The minimum Gasteiger partial charge on any atom is -0.342 e. The maximum Gasteiger partial charge on any atom is 0.247 e. The Kier molecular flexibility index (Phi) is 3.21.